The second-order valence-electron chi connectivity index (χ2n) is 4.45. The van der Waals surface area contributed by atoms with Gasteiger partial charge in [-0.05, 0) is 12.8 Å². The van der Waals surface area contributed by atoms with Crippen LogP contribution in [0.2, 0.25) is 0 Å². The lowest BCUT2D eigenvalue weighted by molar-refractivity contribution is -0.120. The highest BCUT2D eigenvalue weighted by Crippen LogP contribution is 2.17. The molecule has 6 heteroatoms. The summed E-state index contributed by atoms with van der Waals surface area (Å²) in [6.45, 7) is 2.11. The number of hydrogen-bond acceptors (Lipinski definition) is 4. The molecule has 0 aliphatic heterocycles. The van der Waals surface area contributed by atoms with E-state index in [1.807, 2.05) is 0 Å². The summed E-state index contributed by atoms with van der Waals surface area (Å²) in [6, 6.07) is 0.458. The molecule has 17 heavy (non-hydrogen) atoms. The smallest absolute Gasteiger partial charge is 0.233 e. The van der Waals surface area contributed by atoms with Gasteiger partial charge >= 0.3 is 0 Å². The van der Waals surface area contributed by atoms with Crippen molar-refractivity contribution in [1.29, 1.82) is 0 Å². The Morgan fingerprint density at radius 1 is 1.29 bits per heavy atom. The van der Waals surface area contributed by atoms with Gasteiger partial charge in [0, 0.05) is 18.3 Å². The van der Waals surface area contributed by atoms with Crippen LogP contribution < -0.4 is 10.6 Å². The summed E-state index contributed by atoms with van der Waals surface area (Å²) in [4.78, 5) is 11.4. The zero-order chi connectivity index (χ0) is 12.7. The Balaban J connectivity index is 2.08. The number of hydrogen-bond donors (Lipinski definition) is 2. The Labute approximate surface area is 103 Å². The van der Waals surface area contributed by atoms with Gasteiger partial charge < -0.3 is 10.6 Å². The Hall–Kier alpha value is -0.620. The average molecular weight is 262 g/mol. The SMILES string of the molecule is CCS(=O)(=O)CCNC(=O)CNC1CCCC1. The number of nitrogens with one attached hydrogen (secondary N) is 2. The summed E-state index contributed by atoms with van der Waals surface area (Å²) in [5.74, 6) is 0.0326. The first kappa shape index (κ1) is 14.4. The molecule has 1 fully saturated rings. The largest absolute Gasteiger partial charge is 0.354 e. The summed E-state index contributed by atoms with van der Waals surface area (Å²) in [5, 5.41) is 5.80. The lowest BCUT2D eigenvalue weighted by Crippen LogP contribution is -2.39. The zero-order valence-corrected chi connectivity index (χ0v) is 11.2. The van der Waals surface area contributed by atoms with Crippen LogP contribution in [0.25, 0.3) is 0 Å². The molecule has 0 bridgehead atoms. The van der Waals surface area contributed by atoms with Gasteiger partial charge in [-0.25, -0.2) is 8.42 Å². The Bertz CT molecular complexity index is 335. The van der Waals surface area contributed by atoms with Gasteiger partial charge in [0.25, 0.3) is 0 Å². The standard InChI is InChI=1S/C11H22N2O3S/c1-2-17(15,16)8-7-12-11(14)9-13-10-5-3-4-6-10/h10,13H,2-9H2,1H3,(H,12,14). The lowest BCUT2D eigenvalue weighted by atomic mass is 10.2. The van der Waals surface area contributed by atoms with E-state index in [0.29, 0.717) is 6.04 Å². The summed E-state index contributed by atoms with van der Waals surface area (Å²) < 4.78 is 22.4. The van der Waals surface area contributed by atoms with E-state index in [4.69, 9.17) is 0 Å². The lowest BCUT2D eigenvalue weighted by Gasteiger charge is -2.11. The molecule has 0 heterocycles. The van der Waals surface area contributed by atoms with E-state index < -0.39 is 9.84 Å². The first-order valence-electron chi connectivity index (χ1n) is 6.24. The van der Waals surface area contributed by atoms with Crippen LogP contribution in [0.15, 0.2) is 0 Å². The van der Waals surface area contributed by atoms with Crippen molar-refractivity contribution >= 4 is 15.7 Å². The molecule has 0 saturated heterocycles. The molecule has 2 N–H and O–H groups in total. The maximum absolute atomic E-state index is 11.4. The summed E-state index contributed by atoms with van der Waals surface area (Å²) in [7, 11) is -2.98. The molecule has 1 amide bonds. The van der Waals surface area contributed by atoms with E-state index in [2.05, 4.69) is 10.6 Å². The minimum atomic E-state index is -2.98. The molecule has 0 spiro atoms. The maximum Gasteiger partial charge on any atom is 0.233 e. The van der Waals surface area contributed by atoms with Crippen LogP contribution in [0.5, 0.6) is 0 Å². The predicted octanol–water partition coefficient (Wildman–Crippen LogP) is 0.0695. The fourth-order valence-corrected chi connectivity index (χ4v) is 2.62. The van der Waals surface area contributed by atoms with Gasteiger partial charge in [-0.15, -0.1) is 0 Å². The third kappa shape index (κ3) is 6.02. The molecule has 0 aromatic heterocycles. The van der Waals surface area contributed by atoms with E-state index in [1.165, 1.54) is 12.8 Å². The highest BCUT2D eigenvalue weighted by atomic mass is 32.2. The molecule has 1 saturated carbocycles. The van der Waals surface area contributed by atoms with Crippen molar-refractivity contribution in [2.45, 2.75) is 38.6 Å². The average Bonchev–Trinajstić information content (AvgIpc) is 2.79. The second kappa shape index (κ2) is 6.96. The monoisotopic (exact) mass is 262 g/mol. The molecular weight excluding hydrogens is 240 g/mol. The van der Waals surface area contributed by atoms with Crippen LogP contribution in [0.4, 0.5) is 0 Å². The van der Waals surface area contributed by atoms with Crippen LogP contribution in [-0.2, 0) is 14.6 Å². The third-order valence-corrected chi connectivity index (χ3v) is 4.79. The molecule has 0 atom stereocenters. The first-order valence-corrected chi connectivity index (χ1v) is 8.06. The van der Waals surface area contributed by atoms with Gasteiger partial charge in [-0.1, -0.05) is 19.8 Å². The van der Waals surface area contributed by atoms with Crippen molar-refractivity contribution in [2.24, 2.45) is 0 Å². The van der Waals surface area contributed by atoms with Crippen molar-refractivity contribution in [2.75, 3.05) is 24.6 Å². The summed E-state index contributed by atoms with van der Waals surface area (Å²) in [6.07, 6.45) is 4.73. The fraction of sp³-hybridized carbons (Fsp3) is 0.909. The van der Waals surface area contributed by atoms with Gasteiger partial charge in [0.1, 0.15) is 0 Å². The summed E-state index contributed by atoms with van der Waals surface area (Å²) >= 11 is 0. The minimum Gasteiger partial charge on any atom is -0.354 e. The fourth-order valence-electron chi connectivity index (χ4n) is 1.92. The Morgan fingerprint density at radius 2 is 1.94 bits per heavy atom. The molecule has 5 nitrogen and oxygen atoms in total. The Kier molecular flexibility index (Phi) is 5.91. The first-order chi connectivity index (χ1) is 8.03. The Morgan fingerprint density at radius 3 is 2.53 bits per heavy atom. The van der Waals surface area contributed by atoms with Gasteiger partial charge in [-0.3, -0.25) is 4.79 Å². The number of carbonyl (C=O) groups is 1. The minimum absolute atomic E-state index is 0.0265. The maximum atomic E-state index is 11.4. The van der Waals surface area contributed by atoms with Crippen molar-refractivity contribution in [3.63, 3.8) is 0 Å². The molecular formula is C11H22N2O3S. The topological polar surface area (TPSA) is 75.3 Å². The number of amides is 1. The molecule has 1 aliphatic rings. The molecule has 0 radical (unpaired) electrons. The van der Waals surface area contributed by atoms with E-state index in [-0.39, 0.29) is 30.5 Å². The van der Waals surface area contributed by atoms with Crippen molar-refractivity contribution in [1.82, 2.24) is 10.6 Å². The van der Waals surface area contributed by atoms with Gasteiger partial charge in [0.05, 0.1) is 12.3 Å². The van der Waals surface area contributed by atoms with Crippen molar-refractivity contribution in [3.8, 4) is 0 Å². The normalized spacial score (nSPS) is 17.2. The highest BCUT2D eigenvalue weighted by molar-refractivity contribution is 7.91. The van der Waals surface area contributed by atoms with Crippen LogP contribution in [0.3, 0.4) is 0 Å². The molecule has 100 valence electrons. The van der Waals surface area contributed by atoms with Crippen LogP contribution in [0, 0.1) is 0 Å². The van der Waals surface area contributed by atoms with Gasteiger partial charge in [0.15, 0.2) is 9.84 Å². The number of carbonyl (C=O) groups excluding carboxylic acids is 1. The van der Waals surface area contributed by atoms with Crippen LogP contribution in [0.1, 0.15) is 32.6 Å². The van der Waals surface area contributed by atoms with E-state index in [9.17, 15) is 13.2 Å². The molecule has 1 aliphatic carbocycles. The second-order valence-corrected chi connectivity index (χ2v) is 6.92. The molecule has 0 unspecified atom stereocenters. The van der Waals surface area contributed by atoms with E-state index in [1.54, 1.807) is 6.92 Å². The predicted molar refractivity (Wildman–Crippen MR) is 67.6 cm³/mol. The van der Waals surface area contributed by atoms with E-state index in [0.717, 1.165) is 12.8 Å². The third-order valence-electron chi connectivity index (χ3n) is 3.08. The van der Waals surface area contributed by atoms with Gasteiger partial charge in [-0.2, -0.15) is 0 Å². The quantitative estimate of drug-likeness (QED) is 0.681. The number of rotatable bonds is 7. The van der Waals surface area contributed by atoms with Crippen LogP contribution >= 0.6 is 0 Å². The molecule has 0 aromatic rings. The molecule has 1 rings (SSSR count). The van der Waals surface area contributed by atoms with Crippen molar-refractivity contribution < 1.29 is 13.2 Å². The number of sulfone groups is 1. The highest BCUT2D eigenvalue weighted by Gasteiger charge is 2.15. The summed E-state index contributed by atoms with van der Waals surface area (Å²) in [5.41, 5.74) is 0. The molecule has 0 aromatic carbocycles. The van der Waals surface area contributed by atoms with E-state index >= 15 is 0 Å². The van der Waals surface area contributed by atoms with Gasteiger partial charge in [0.2, 0.25) is 5.91 Å². The van der Waals surface area contributed by atoms with Crippen LogP contribution in [-0.4, -0.2) is 45.0 Å². The van der Waals surface area contributed by atoms with Crippen molar-refractivity contribution in [3.05, 3.63) is 0 Å². The zero-order valence-electron chi connectivity index (χ0n) is 10.4.